The van der Waals surface area contributed by atoms with E-state index in [1.54, 1.807) is 11.3 Å². The van der Waals surface area contributed by atoms with Crippen LogP contribution >= 0.6 is 11.3 Å². The summed E-state index contributed by atoms with van der Waals surface area (Å²) in [5.74, 6) is 0. The highest BCUT2D eigenvalue weighted by Gasteiger charge is 1.99. The molecule has 2 nitrogen and oxygen atoms in total. The molecule has 1 atom stereocenters. The van der Waals surface area contributed by atoms with Crippen LogP contribution in [-0.2, 0) is 0 Å². The third-order valence-electron chi connectivity index (χ3n) is 1.33. The third-order valence-corrected chi connectivity index (χ3v) is 2.01. The minimum absolute atomic E-state index is 0.245. The van der Waals surface area contributed by atoms with Gasteiger partial charge in [0.25, 0.3) is 0 Å². The minimum Gasteiger partial charge on any atom is -0.381 e. The maximum atomic E-state index is 8.38. The van der Waals surface area contributed by atoms with Crippen molar-refractivity contribution in [3.8, 4) is 6.07 Å². The van der Waals surface area contributed by atoms with Crippen molar-refractivity contribution >= 4 is 17.0 Å². The molecule has 0 radical (unpaired) electrons. The lowest BCUT2D eigenvalue weighted by Gasteiger charge is -2.08. The fraction of sp³-hybridized carbons (Fsp3) is 0.375. The van der Waals surface area contributed by atoms with Crippen LogP contribution in [0.5, 0.6) is 0 Å². The molecule has 11 heavy (non-hydrogen) atoms. The van der Waals surface area contributed by atoms with Crippen LogP contribution in [0.25, 0.3) is 0 Å². The molecule has 0 saturated carbocycles. The number of nitriles is 1. The molecule has 0 fully saturated rings. The number of hydrogen-bond donors (Lipinski definition) is 1. The summed E-state index contributed by atoms with van der Waals surface area (Å²) in [5.41, 5.74) is 1.11. The number of thiophene rings is 1. The van der Waals surface area contributed by atoms with Gasteiger partial charge in [0.15, 0.2) is 0 Å². The Hall–Kier alpha value is -1.01. The number of anilines is 1. The Bertz CT molecular complexity index is 235. The smallest absolute Gasteiger partial charge is 0.0643 e. The summed E-state index contributed by atoms with van der Waals surface area (Å²) >= 11 is 1.65. The van der Waals surface area contributed by atoms with Gasteiger partial charge in [-0.15, -0.1) is 0 Å². The molecule has 3 heteroatoms. The number of hydrogen-bond acceptors (Lipinski definition) is 3. The highest BCUT2D eigenvalue weighted by molar-refractivity contribution is 7.08. The van der Waals surface area contributed by atoms with Crippen molar-refractivity contribution in [1.82, 2.24) is 0 Å². The molecular weight excluding hydrogens is 156 g/mol. The Morgan fingerprint density at radius 2 is 2.64 bits per heavy atom. The standard InChI is InChI=1S/C8H10N2S/c1-7(2-4-9)10-8-3-5-11-6-8/h3,5-7,10H,2H2,1H3. The van der Waals surface area contributed by atoms with Gasteiger partial charge in [-0.2, -0.15) is 16.6 Å². The largest absolute Gasteiger partial charge is 0.381 e. The van der Waals surface area contributed by atoms with Crippen molar-refractivity contribution in [2.45, 2.75) is 19.4 Å². The zero-order valence-electron chi connectivity index (χ0n) is 6.37. The maximum absolute atomic E-state index is 8.38. The van der Waals surface area contributed by atoms with E-state index in [4.69, 9.17) is 5.26 Å². The van der Waals surface area contributed by atoms with E-state index in [1.807, 2.05) is 23.8 Å². The average Bonchev–Trinajstić information content (AvgIpc) is 2.40. The second-order valence-corrected chi connectivity index (χ2v) is 3.20. The van der Waals surface area contributed by atoms with E-state index < -0.39 is 0 Å². The molecule has 0 aliphatic carbocycles. The SMILES string of the molecule is CC(CC#N)Nc1ccsc1. The summed E-state index contributed by atoms with van der Waals surface area (Å²) in [6.45, 7) is 2.00. The van der Waals surface area contributed by atoms with E-state index in [0.717, 1.165) is 5.69 Å². The molecule has 0 aliphatic heterocycles. The van der Waals surface area contributed by atoms with E-state index in [1.165, 1.54) is 0 Å². The minimum atomic E-state index is 0.245. The number of nitrogens with one attached hydrogen (secondary N) is 1. The zero-order valence-corrected chi connectivity index (χ0v) is 7.19. The second-order valence-electron chi connectivity index (χ2n) is 2.42. The van der Waals surface area contributed by atoms with Crippen molar-refractivity contribution in [3.05, 3.63) is 16.8 Å². The van der Waals surface area contributed by atoms with Crippen LogP contribution in [0.1, 0.15) is 13.3 Å². The molecule has 1 unspecified atom stereocenters. The van der Waals surface area contributed by atoms with Crippen molar-refractivity contribution in [2.75, 3.05) is 5.32 Å². The van der Waals surface area contributed by atoms with Gasteiger partial charge < -0.3 is 5.32 Å². The first-order chi connectivity index (χ1) is 5.33. The van der Waals surface area contributed by atoms with Gasteiger partial charge in [-0.05, 0) is 18.4 Å². The van der Waals surface area contributed by atoms with Crippen molar-refractivity contribution < 1.29 is 0 Å². The summed E-state index contributed by atoms with van der Waals surface area (Å²) in [4.78, 5) is 0. The molecule has 1 heterocycles. The van der Waals surface area contributed by atoms with Gasteiger partial charge in [0.05, 0.1) is 12.5 Å². The van der Waals surface area contributed by atoms with Gasteiger partial charge in [-0.25, -0.2) is 0 Å². The van der Waals surface area contributed by atoms with E-state index in [0.29, 0.717) is 6.42 Å². The van der Waals surface area contributed by atoms with E-state index in [2.05, 4.69) is 11.4 Å². The average molecular weight is 166 g/mol. The Morgan fingerprint density at radius 3 is 3.18 bits per heavy atom. The molecule has 0 bridgehead atoms. The molecule has 0 aliphatic rings. The van der Waals surface area contributed by atoms with Gasteiger partial charge in [0.1, 0.15) is 0 Å². The van der Waals surface area contributed by atoms with Gasteiger partial charge >= 0.3 is 0 Å². The molecule has 58 valence electrons. The highest BCUT2D eigenvalue weighted by Crippen LogP contribution is 2.13. The lowest BCUT2D eigenvalue weighted by molar-refractivity contribution is 0.822. The Kier molecular flexibility index (Phi) is 2.94. The van der Waals surface area contributed by atoms with Crippen LogP contribution in [0.2, 0.25) is 0 Å². The van der Waals surface area contributed by atoms with Crippen LogP contribution in [0, 0.1) is 11.3 Å². The first-order valence-corrected chi connectivity index (χ1v) is 4.43. The summed E-state index contributed by atoms with van der Waals surface area (Å²) in [5, 5.41) is 15.6. The number of rotatable bonds is 3. The molecule has 1 N–H and O–H groups in total. The second kappa shape index (κ2) is 3.99. The van der Waals surface area contributed by atoms with E-state index >= 15 is 0 Å². The van der Waals surface area contributed by atoms with Crippen molar-refractivity contribution in [3.63, 3.8) is 0 Å². The Labute approximate surface area is 70.5 Å². The predicted octanol–water partition coefficient (Wildman–Crippen LogP) is 2.46. The van der Waals surface area contributed by atoms with Crippen LogP contribution in [-0.4, -0.2) is 6.04 Å². The number of nitrogens with zero attached hydrogens (tertiary/aromatic N) is 1. The van der Waals surface area contributed by atoms with Crippen molar-refractivity contribution in [2.24, 2.45) is 0 Å². The summed E-state index contributed by atoms with van der Waals surface area (Å²) < 4.78 is 0. The Balaban J connectivity index is 2.38. The van der Waals surface area contributed by atoms with Gasteiger partial charge in [-0.1, -0.05) is 0 Å². The molecule has 1 rings (SSSR count). The Morgan fingerprint density at radius 1 is 1.82 bits per heavy atom. The quantitative estimate of drug-likeness (QED) is 0.748. The predicted molar refractivity (Wildman–Crippen MR) is 47.6 cm³/mol. The lowest BCUT2D eigenvalue weighted by atomic mass is 10.2. The van der Waals surface area contributed by atoms with Crippen LogP contribution in [0.15, 0.2) is 16.8 Å². The topological polar surface area (TPSA) is 35.8 Å². The summed E-state index contributed by atoms with van der Waals surface area (Å²) in [6.07, 6.45) is 0.551. The fourth-order valence-electron chi connectivity index (χ4n) is 0.819. The normalized spacial score (nSPS) is 12.0. The van der Waals surface area contributed by atoms with Crippen LogP contribution in [0.3, 0.4) is 0 Å². The molecular formula is C8H10N2S. The van der Waals surface area contributed by atoms with Gasteiger partial charge in [-0.3, -0.25) is 0 Å². The molecule has 0 spiro atoms. The molecule has 0 aromatic carbocycles. The van der Waals surface area contributed by atoms with Crippen molar-refractivity contribution in [1.29, 1.82) is 5.26 Å². The van der Waals surface area contributed by atoms with E-state index in [-0.39, 0.29) is 6.04 Å². The van der Waals surface area contributed by atoms with E-state index in [9.17, 15) is 0 Å². The van der Waals surface area contributed by atoms with Gasteiger partial charge in [0, 0.05) is 17.1 Å². The first kappa shape index (κ1) is 8.09. The highest BCUT2D eigenvalue weighted by atomic mass is 32.1. The molecule has 1 aromatic rings. The summed E-state index contributed by atoms with van der Waals surface area (Å²) in [7, 11) is 0. The summed E-state index contributed by atoms with van der Waals surface area (Å²) in [6, 6.07) is 4.38. The van der Waals surface area contributed by atoms with Crippen LogP contribution < -0.4 is 5.32 Å². The van der Waals surface area contributed by atoms with Gasteiger partial charge in [0.2, 0.25) is 0 Å². The molecule has 0 saturated heterocycles. The first-order valence-electron chi connectivity index (χ1n) is 3.48. The van der Waals surface area contributed by atoms with Crippen LogP contribution in [0.4, 0.5) is 5.69 Å². The zero-order chi connectivity index (χ0) is 8.10. The third kappa shape index (κ3) is 2.60. The molecule has 1 aromatic heterocycles. The molecule has 0 amide bonds. The maximum Gasteiger partial charge on any atom is 0.0643 e. The fourth-order valence-corrected chi connectivity index (χ4v) is 1.42. The lowest BCUT2D eigenvalue weighted by Crippen LogP contribution is -2.13. The monoisotopic (exact) mass is 166 g/mol.